The van der Waals surface area contributed by atoms with Gasteiger partial charge in [0, 0.05) is 25.7 Å². The van der Waals surface area contributed by atoms with Gasteiger partial charge in [-0.1, -0.05) is 0 Å². The summed E-state index contributed by atoms with van der Waals surface area (Å²) in [5.41, 5.74) is -0.970. The van der Waals surface area contributed by atoms with Crippen LogP contribution in [0.3, 0.4) is 0 Å². The molecule has 0 saturated carbocycles. The van der Waals surface area contributed by atoms with Crippen LogP contribution in [-0.4, -0.2) is 24.7 Å². The van der Waals surface area contributed by atoms with E-state index in [-0.39, 0.29) is 6.42 Å². The third-order valence-electron chi connectivity index (χ3n) is 2.75. The monoisotopic (exact) mass is 286 g/mol. The summed E-state index contributed by atoms with van der Waals surface area (Å²) in [6.45, 7) is 0.378. The van der Waals surface area contributed by atoms with E-state index in [1.54, 1.807) is 11.9 Å². The SMILES string of the molecule is CN(CCCC(=O)O)c1ccc(C(F)(F)F)c(C#N)c1. The molecule has 0 atom stereocenters. The first kappa shape index (κ1) is 15.8. The van der Waals surface area contributed by atoms with Crippen molar-refractivity contribution in [3.05, 3.63) is 29.3 Å². The van der Waals surface area contributed by atoms with Gasteiger partial charge in [-0.2, -0.15) is 18.4 Å². The Kier molecular flexibility index (Phi) is 4.97. The van der Waals surface area contributed by atoms with E-state index in [0.717, 1.165) is 12.1 Å². The fourth-order valence-corrected chi connectivity index (χ4v) is 1.71. The second-order valence-electron chi connectivity index (χ2n) is 4.26. The van der Waals surface area contributed by atoms with Gasteiger partial charge in [0.05, 0.1) is 17.2 Å². The summed E-state index contributed by atoms with van der Waals surface area (Å²) in [6.07, 6.45) is -4.21. The van der Waals surface area contributed by atoms with Crippen LogP contribution < -0.4 is 4.90 Å². The van der Waals surface area contributed by atoms with Crippen LogP contribution in [0.25, 0.3) is 0 Å². The van der Waals surface area contributed by atoms with Crippen LogP contribution in [0.5, 0.6) is 0 Å². The van der Waals surface area contributed by atoms with Crippen LogP contribution >= 0.6 is 0 Å². The van der Waals surface area contributed by atoms with E-state index in [4.69, 9.17) is 10.4 Å². The van der Waals surface area contributed by atoms with Crippen LogP contribution in [0.4, 0.5) is 18.9 Å². The predicted molar refractivity (Wildman–Crippen MR) is 66.3 cm³/mol. The highest BCUT2D eigenvalue weighted by Gasteiger charge is 2.33. The molecular formula is C13H13F3N2O2. The molecule has 7 heteroatoms. The molecule has 0 radical (unpaired) electrons. The summed E-state index contributed by atoms with van der Waals surface area (Å²) >= 11 is 0. The number of rotatable bonds is 5. The zero-order valence-corrected chi connectivity index (χ0v) is 10.7. The smallest absolute Gasteiger partial charge is 0.417 e. The maximum Gasteiger partial charge on any atom is 0.417 e. The molecule has 0 aromatic heterocycles. The van der Waals surface area contributed by atoms with Crippen molar-refractivity contribution in [3.8, 4) is 6.07 Å². The summed E-state index contributed by atoms with van der Waals surface area (Å²) in [7, 11) is 1.63. The molecule has 1 aromatic rings. The van der Waals surface area contributed by atoms with Gasteiger partial charge in [-0.15, -0.1) is 0 Å². The van der Waals surface area contributed by atoms with E-state index in [0.29, 0.717) is 18.7 Å². The fourth-order valence-electron chi connectivity index (χ4n) is 1.71. The Morgan fingerprint density at radius 2 is 2.10 bits per heavy atom. The number of carboxylic acid groups (broad SMARTS) is 1. The molecular weight excluding hydrogens is 273 g/mol. The highest BCUT2D eigenvalue weighted by Crippen LogP contribution is 2.33. The van der Waals surface area contributed by atoms with E-state index >= 15 is 0 Å². The highest BCUT2D eigenvalue weighted by atomic mass is 19.4. The van der Waals surface area contributed by atoms with Crippen LogP contribution in [0, 0.1) is 11.3 Å². The number of halogens is 3. The minimum atomic E-state index is -4.56. The van der Waals surface area contributed by atoms with Crippen LogP contribution in [-0.2, 0) is 11.0 Å². The number of hydrogen-bond acceptors (Lipinski definition) is 3. The summed E-state index contributed by atoms with van der Waals surface area (Å²) in [5, 5.41) is 17.3. The van der Waals surface area contributed by atoms with Crippen molar-refractivity contribution < 1.29 is 23.1 Å². The predicted octanol–water partition coefficient (Wildman–Crippen LogP) is 2.88. The molecule has 0 bridgehead atoms. The normalized spacial score (nSPS) is 10.9. The number of hydrogen-bond donors (Lipinski definition) is 1. The van der Waals surface area contributed by atoms with Crippen molar-refractivity contribution >= 4 is 11.7 Å². The lowest BCUT2D eigenvalue weighted by atomic mass is 10.1. The van der Waals surface area contributed by atoms with Crippen LogP contribution in [0.1, 0.15) is 24.0 Å². The molecule has 4 nitrogen and oxygen atoms in total. The van der Waals surface area contributed by atoms with E-state index < -0.39 is 23.3 Å². The summed E-state index contributed by atoms with van der Waals surface area (Å²) in [5.74, 6) is -0.927. The first-order valence-corrected chi connectivity index (χ1v) is 5.80. The van der Waals surface area contributed by atoms with Crippen LogP contribution in [0.15, 0.2) is 18.2 Å². The highest BCUT2D eigenvalue weighted by molar-refractivity contribution is 5.66. The molecule has 0 aliphatic heterocycles. The minimum Gasteiger partial charge on any atom is -0.481 e. The zero-order valence-electron chi connectivity index (χ0n) is 10.7. The van der Waals surface area contributed by atoms with Gasteiger partial charge in [-0.3, -0.25) is 4.79 Å². The lowest BCUT2D eigenvalue weighted by molar-refractivity contribution is -0.138. The molecule has 108 valence electrons. The molecule has 0 heterocycles. The largest absolute Gasteiger partial charge is 0.481 e. The Morgan fingerprint density at radius 3 is 2.60 bits per heavy atom. The van der Waals surface area contributed by atoms with Gasteiger partial charge in [0.25, 0.3) is 0 Å². The third kappa shape index (κ3) is 4.16. The van der Waals surface area contributed by atoms with Gasteiger partial charge >= 0.3 is 12.1 Å². The maximum atomic E-state index is 12.6. The quantitative estimate of drug-likeness (QED) is 0.904. The average Bonchev–Trinajstić information content (AvgIpc) is 2.36. The van der Waals surface area contributed by atoms with Gasteiger partial charge in [0.2, 0.25) is 0 Å². The molecule has 0 unspecified atom stereocenters. The molecule has 0 aliphatic carbocycles. The topological polar surface area (TPSA) is 64.3 Å². The second kappa shape index (κ2) is 6.28. The lowest BCUT2D eigenvalue weighted by Crippen LogP contribution is -2.20. The number of anilines is 1. The Labute approximate surface area is 114 Å². The van der Waals surface area contributed by atoms with Crippen LogP contribution in [0.2, 0.25) is 0 Å². The number of aliphatic carboxylic acids is 1. The third-order valence-corrected chi connectivity index (χ3v) is 2.75. The standard InChI is InChI=1S/C13H13F3N2O2/c1-18(6-2-3-12(19)20)10-4-5-11(13(14,15)16)9(7-10)8-17/h4-5,7H,2-3,6H2,1H3,(H,19,20). The van der Waals surface area contributed by atoms with Gasteiger partial charge in [-0.05, 0) is 24.6 Å². The van der Waals surface area contributed by atoms with Gasteiger partial charge in [-0.25, -0.2) is 0 Å². The van der Waals surface area contributed by atoms with Gasteiger partial charge < -0.3 is 10.0 Å². The number of nitriles is 1. The van der Waals surface area contributed by atoms with Crippen molar-refractivity contribution in [2.45, 2.75) is 19.0 Å². The number of carbonyl (C=O) groups is 1. The van der Waals surface area contributed by atoms with Gasteiger partial charge in [0.1, 0.15) is 0 Å². The van der Waals surface area contributed by atoms with E-state index in [2.05, 4.69) is 0 Å². The van der Waals surface area contributed by atoms with E-state index in [1.807, 2.05) is 0 Å². The zero-order chi connectivity index (χ0) is 15.3. The molecule has 0 saturated heterocycles. The van der Waals surface area contributed by atoms with E-state index in [1.165, 1.54) is 12.1 Å². The molecule has 0 fully saturated rings. The van der Waals surface area contributed by atoms with Crippen molar-refractivity contribution in [2.24, 2.45) is 0 Å². The average molecular weight is 286 g/mol. The number of carboxylic acids is 1. The molecule has 1 aromatic carbocycles. The molecule has 1 rings (SSSR count). The Morgan fingerprint density at radius 1 is 1.45 bits per heavy atom. The van der Waals surface area contributed by atoms with E-state index in [9.17, 15) is 18.0 Å². The Hall–Kier alpha value is -2.23. The minimum absolute atomic E-state index is 0.0178. The summed E-state index contributed by atoms with van der Waals surface area (Å²) in [6, 6.07) is 4.82. The maximum absolute atomic E-state index is 12.6. The number of alkyl halides is 3. The van der Waals surface area contributed by atoms with Crippen molar-refractivity contribution in [1.29, 1.82) is 5.26 Å². The fraction of sp³-hybridized carbons (Fsp3) is 0.385. The Balaban J connectivity index is 2.88. The van der Waals surface area contributed by atoms with Crippen molar-refractivity contribution in [2.75, 3.05) is 18.5 Å². The molecule has 0 amide bonds. The molecule has 0 spiro atoms. The molecule has 0 aliphatic rings. The summed E-state index contributed by atoms with van der Waals surface area (Å²) < 4.78 is 37.9. The molecule has 20 heavy (non-hydrogen) atoms. The molecule has 1 N–H and O–H groups in total. The summed E-state index contributed by atoms with van der Waals surface area (Å²) in [4.78, 5) is 12.0. The number of nitrogens with zero attached hydrogens (tertiary/aromatic N) is 2. The number of benzene rings is 1. The van der Waals surface area contributed by atoms with Crippen molar-refractivity contribution in [1.82, 2.24) is 0 Å². The Bertz CT molecular complexity index is 535. The van der Waals surface area contributed by atoms with Gasteiger partial charge in [0.15, 0.2) is 0 Å². The first-order valence-electron chi connectivity index (χ1n) is 5.80. The first-order chi connectivity index (χ1) is 9.25. The lowest BCUT2D eigenvalue weighted by Gasteiger charge is -2.20. The second-order valence-corrected chi connectivity index (χ2v) is 4.26. The van der Waals surface area contributed by atoms with Crippen molar-refractivity contribution in [3.63, 3.8) is 0 Å².